The van der Waals surface area contributed by atoms with Crippen LogP contribution < -0.4 is 10.2 Å². The van der Waals surface area contributed by atoms with E-state index in [0.29, 0.717) is 11.1 Å². The average Bonchev–Trinajstić information content (AvgIpc) is 2.78. The van der Waals surface area contributed by atoms with Crippen molar-refractivity contribution in [3.63, 3.8) is 0 Å². The van der Waals surface area contributed by atoms with Crippen molar-refractivity contribution in [3.05, 3.63) is 30.1 Å². The van der Waals surface area contributed by atoms with E-state index in [1.54, 1.807) is 6.07 Å². The third-order valence-corrected chi connectivity index (χ3v) is 4.05. The van der Waals surface area contributed by atoms with Crippen LogP contribution in [0.25, 0.3) is 0 Å². The number of anilines is 1. The summed E-state index contributed by atoms with van der Waals surface area (Å²) in [4.78, 5) is 2.07. The summed E-state index contributed by atoms with van der Waals surface area (Å²) in [6.07, 6.45) is 5.08. The molecule has 0 heterocycles. The van der Waals surface area contributed by atoms with Gasteiger partial charge in [0.15, 0.2) is 0 Å². The third-order valence-electron chi connectivity index (χ3n) is 4.05. The van der Waals surface area contributed by atoms with E-state index in [1.807, 2.05) is 26.2 Å². The summed E-state index contributed by atoms with van der Waals surface area (Å²) in [7, 11) is 4.00. The lowest BCUT2D eigenvalue weighted by molar-refractivity contribution is 0.294. The molecule has 1 saturated carbocycles. The van der Waals surface area contributed by atoms with Gasteiger partial charge in [0.05, 0.1) is 5.69 Å². The van der Waals surface area contributed by atoms with E-state index in [4.69, 9.17) is 0 Å². The average molecular weight is 250 g/mol. The minimum atomic E-state index is -0.127. The van der Waals surface area contributed by atoms with Crippen molar-refractivity contribution in [2.75, 3.05) is 32.1 Å². The smallest absolute Gasteiger partial charge is 0.146 e. The lowest BCUT2D eigenvalue weighted by Crippen LogP contribution is -2.40. The van der Waals surface area contributed by atoms with E-state index in [0.717, 1.165) is 13.1 Å². The predicted octanol–water partition coefficient (Wildman–Crippen LogP) is 3.04. The van der Waals surface area contributed by atoms with Gasteiger partial charge >= 0.3 is 0 Å². The van der Waals surface area contributed by atoms with Crippen LogP contribution in [0.5, 0.6) is 0 Å². The number of halogens is 1. The van der Waals surface area contributed by atoms with Crippen molar-refractivity contribution in [1.82, 2.24) is 5.32 Å². The molecular formula is C15H23FN2. The van der Waals surface area contributed by atoms with Crippen LogP contribution in [0.1, 0.15) is 25.7 Å². The molecule has 0 radical (unpaired) electrons. The second-order valence-corrected chi connectivity index (χ2v) is 5.54. The van der Waals surface area contributed by atoms with Gasteiger partial charge in [-0.15, -0.1) is 0 Å². The van der Waals surface area contributed by atoms with Crippen molar-refractivity contribution in [2.24, 2.45) is 5.41 Å². The Morgan fingerprint density at radius 1 is 1.28 bits per heavy atom. The summed E-state index contributed by atoms with van der Waals surface area (Å²) in [5, 5.41) is 3.30. The van der Waals surface area contributed by atoms with E-state index in [1.165, 1.54) is 31.7 Å². The zero-order valence-corrected chi connectivity index (χ0v) is 11.4. The highest BCUT2D eigenvalue weighted by Crippen LogP contribution is 2.39. The van der Waals surface area contributed by atoms with Crippen molar-refractivity contribution < 1.29 is 4.39 Å². The molecule has 2 nitrogen and oxygen atoms in total. The molecule has 1 aliphatic rings. The Hall–Kier alpha value is -1.09. The molecular weight excluding hydrogens is 227 g/mol. The van der Waals surface area contributed by atoms with E-state index in [9.17, 15) is 4.39 Å². The highest BCUT2D eigenvalue weighted by atomic mass is 19.1. The quantitative estimate of drug-likeness (QED) is 0.864. The molecule has 18 heavy (non-hydrogen) atoms. The Kier molecular flexibility index (Phi) is 4.23. The van der Waals surface area contributed by atoms with Gasteiger partial charge in [-0.05, 0) is 32.0 Å². The number of nitrogens with one attached hydrogen (secondary N) is 1. The first kappa shape index (κ1) is 13.3. The van der Waals surface area contributed by atoms with Crippen LogP contribution in [0.4, 0.5) is 10.1 Å². The fraction of sp³-hybridized carbons (Fsp3) is 0.600. The van der Waals surface area contributed by atoms with Crippen LogP contribution in [-0.4, -0.2) is 27.2 Å². The Labute approximate surface area is 109 Å². The van der Waals surface area contributed by atoms with Crippen molar-refractivity contribution in [2.45, 2.75) is 25.7 Å². The zero-order valence-electron chi connectivity index (χ0n) is 11.4. The van der Waals surface area contributed by atoms with E-state index in [2.05, 4.69) is 10.2 Å². The molecule has 0 unspecified atom stereocenters. The van der Waals surface area contributed by atoms with Gasteiger partial charge in [-0.1, -0.05) is 25.0 Å². The molecule has 0 spiro atoms. The maximum Gasteiger partial charge on any atom is 0.146 e. The molecule has 1 aromatic rings. The van der Waals surface area contributed by atoms with Crippen LogP contribution in [0.3, 0.4) is 0 Å². The van der Waals surface area contributed by atoms with Crippen LogP contribution in [0.15, 0.2) is 24.3 Å². The van der Waals surface area contributed by atoms with Crippen LogP contribution in [-0.2, 0) is 0 Å². The van der Waals surface area contributed by atoms with Crippen molar-refractivity contribution in [3.8, 4) is 0 Å². The SMILES string of the molecule is CNCC1(CN(C)c2ccccc2F)CCCC1. The fourth-order valence-electron chi connectivity index (χ4n) is 3.24. The monoisotopic (exact) mass is 250 g/mol. The van der Waals surface area contributed by atoms with Gasteiger partial charge in [-0.25, -0.2) is 4.39 Å². The maximum atomic E-state index is 13.8. The summed E-state index contributed by atoms with van der Waals surface area (Å²) in [6.45, 7) is 1.95. The zero-order chi connectivity index (χ0) is 13.0. The van der Waals surface area contributed by atoms with Gasteiger partial charge in [0.25, 0.3) is 0 Å². The van der Waals surface area contributed by atoms with Gasteiger partial charge in [-0.3, -0.25) is 0 Å². The number of nitrogens with zero attached hydrogens (tertiary/aromatic N) is 1. The molecule has 0 atom stereocenters. The molecule has 100 valence electrons. The highest BCUT2D eigenvalue weighted by molar-refractivity contribution is 5.47. The number of hydrogen-bond donors (Lipinski definition) is 1. The largest absolute Gasteiger partial charge is 0.372 e. The van der Waals surface area contributed by atoms with Crippen LogP contribution in [0, 0.1) is 11.2 Å². The van der Waals surface area contributed by atoms with Gasteiger partial charge in [0, 0.05) is 25.6 Å². The summed E-state index contributed by atoms with van der Waals surface area (Å²) in [5.41, 5.74) is 1.02. The Morgan fingerprint density at radius 2 is 1.94 bits per heavy atom. The van der Waals surface area contributed by atoms with Gasteiger partial charge in [0.1, 0.15) is 5.82 Å². The highest BCUT2D eigenvalue weighted by Gasteiger charge is 2.34. The molecule has 0 bridgehead atoms. The first-order valence-electron chi connectivity index (χ1n) is 6.77. The predicted molar refractivity (Wildman–Crippen MR) is 74.5 cm³/mol. The summed E-state index contributed by atoms with van der Waals surface area (Å²) < 4.78 is 13.8. The maximum absolute atomic E-state index is 13.8. The number of rotatable bonds is 5. The van der Waals surface area contributed by atoms with Crippen molar-refractivity contribution in [1.29, 1.82) is 0 Å². The second kappa shape index (κ2) is 5.70. The molecule has 1 fully saturated rings. The summed E-state index contributed by atoms with van der Waals surface area (Å²) >= 11 is 0. The van der Waals surface area contributed by atoms with Crippen LogP contribution in [0.2, 0.25) is 0 Å². The molecule has 0 saturated heterocycles. The Morgan fingerprint density at radius 3 is 2.56 bits per heavy atom. The van der Waals surface area contributed by atoms with Gasteiger partial charge in [0.2, 0.25) is 0 Å². The molecule has 0 amide bonds. The summed E-state index contributed by atoms with van der Waals surface area (Å²) in [5.74, 6) is -0.127. The lowest BCUT2D eigenvalue weighted by Gasteiger charge is -2.34. The first-order chi connectivity index (χ1) is 8.67. The second-order valence-electron chi connectivity index (χ2n) is 5.54. The molecule has 2 rings (SSSR count). The van der Waals surface area contributed by atoms with E-state index in [-0.39, 0.29) is 5.82 Å². The number of para-hydroxylation sites is 1. The Balaban J connectivity index is 2.10. The van der Waals surface area contributed by atoms with Gasteiger partial charge in [-0.2, -0.15) is 0 Å². The minimum Gasteiger partial charge on any atom is -0.372 e. The molecule has 1 aliphatic carbocycles. The molecule has 0 aromatic heterocycles. The first-order valence-corrected chi connectivity index (χ1v) is 6.77. The molecule has 1 N–H and O–H groups in total. The standard InChI is InChI=1S/C15H23FN2/c1-17-11-15(9-5-6-10-15)12-18(2)14-8-4-3-7-13(14)16/h3-4,7-8,17H,5-6,9-12H2,1-2H3. The van der Waals surface area contributed by atoms with Crippen LogP contribution >= 0.6 is 0 Å². The van der Waals surface area contributed by atoms with E-state index < -0.39 is 0 Å². The normalized spacial score (nSPS) is 17.9. The fourth-order valence-corrected chi connectivity index (χ4v) is 3.24. The Bertz CT molecular complexity index is 386. The third kappa shape index (κ3) is 2.83. The molecule has 1 aromatic carbocycles. The topological polar surface area (TPSA) is 15.3 Å². The van der Waals surface area contributed by atoms with Gasteiger partial charge < -0.3 is 10.2 Å². The lowest BCUT2D eigenvalue weighted by atomic mass is 9.85. The molecule has 0 aliphatic heterocycles. The van der Waals surface area contributed by atoms with Crippen molar-refractivity contribution >= 4 is 5.69 Å². The van der Waals surface area contributed by atoms with E-state index >= 15 is 0 Å². The molecule has 3 heteroatoms. The number of benzene rings is 1. The minimum absolute atomic E-state index is 0.127. The number of hydrogen-bond acceptors (Lipinski definition) is 2. The summed E-state index contributed by atoms with van der Waals surface area (Å²) in [6, 6.07) is 7.03.